The first-order valence-corrected chi connectivity index (χ1v) is 9.76. The molecule has 0 radical (unpaired) electrons. The van der Waals surface area contributed by atoms with E-state index >= 15 is 0 Å². The van der Waals surface area contributed by atoms with Crippen molar-refractivity contribution in [2.45, 2.75) is 36.6 Å². The maximum atomic E-state index is 12.9. The fraction of sp³-hybridized carbons (Fsp3) is 0.389. The van der Waals surface area contributed by atoms with Crippen molar-refractivity contribution >= 4 is 22.5 Å². The van der Waals surface area contributed by atoms with Crippen molar-refractivity contribution in [3.05, 3.63) is 48.4 Å². The predicted molar refractivity (Wildman–Crippen MR) is 94.4 cm³/mol. The fourth-order valence-corrected chi connectivity index (χ4v) is 3.83. The van der Waals surface area contributed by atoms with E-state index in [1.54, 1.807) is 24.7 Å². The highest BCUT2D eigenvalue weighted by Gasteiger charge is 2.29. The van der Waals surface area contributed by atoms with Gasteiger partial charge in [-0.05, 0) is 37.1 Å². The summed E-state index contributed by atoms with van der Waals surface area (Å²) in [5.74, 6) is 0.819. The molecule has 1 aromatic heterocycles. The molecule has 0 bridgehead atoms. The molecule has 2 atom stereocenters. The molecule has 5 nitrogen and oxygen atoms in total. The van der Waals surface area contributed by atoms with Crippen molar-refractivity contribution in [3.8, 4) is 0 Å². The number of urea groups is 1. The molecule has 1 fully saturated rings. The lowest BCUT2D eigenvalue weighted by Gasteiger charge is -2.29. The van der Waals surface area contributed by atoms with E-state index in [0.717, 1.165) is 31.4 Å². The second-order valence-electron chi connectivity index (χ2n) is 5.95. The number of carbonyl (C=O) groups is 1. The lowest BCUT2D eigenvalue weighted by Crippen LogP contribution is -2.38. The highest BCUT2D eigenvalue weighted by molar-refractivity contribution is 7.84. The first-order chi connectivity index (χ1) is 11.7. The van der Waals surface area contributed by atoms with Gasteiger partial charge in [0.05, 0.1) is 33.7 Å². The molecule has 0 aliphatic carbocycles. The monoisotopic (exact) mass is 346 g/mol. The van der Waals surface area contributed by atoms with E-state index in [2.05, 4.69) is 5.32 Å². The molecular formula is C18H22N2O3S. The minimum Gasteiger partial charge on any atom is -0.467 e. The van der Waals surface area contributed by atoms with E-state index in [4.69, 9.17) is 4.42 Å². The van der Waals surface area contributed by atoms with Crippen molar-refractivity contribution in [3.63, 3.8) is 0 Å². The molecule has 0 unspecified atom stereocenters. The Labute approximate surface area is 144 Å². The molecule has 2 amide bonds. The van der Waals surface area contributed by atoms with E-state index in [1.807, 2.05) is 29.2 Å². The molecule has 1 aromatic carbocycles. The van der Waals surface area contributed by atoms with Crippen LogP contribution in [0.1, 0.15) is 37.5 Å². The van der Waals surface area contributed by atoms with Crippen LogP contribution in [0.4, 0.5) is 10.5 Å². The van der Waals surface area contributed by atoms with Crippen LogP contribution in [0.15, 0.2) is 52.0 Å². The number of amides is 2. The number of benzene rings is 1. The van der Waals surface area contributed by atoms with Crippen LogP contribution >= 0.6 is 0 Å². The van der Waals surface area contributed by atoms with Gasteiger partial charge in [0.25, 0.3) is 0 Å². The Balaban J connectivity index is 1.83. The third kappa shape index (κ3) is 3.70. The third-order valence-electron chi connectivity index (χ3n) is 4.32. The Morgan fingerprint density at radius 1 is 1.21 bits per heavy atom. The molecule has 1 aliphatic heterocycles. The molecule has 0 saturated carbocycles. The van der Waals surface area contributed by atoms with Crippen LogP contribution in [0, 0.1) is 0 Å². The van der Waals surface area contributed by atoms with Crippen LogP contribution < -0.4 is 5.32 Å². The van der Waals surface area contributed by atoms with Gasteiger partial charge in [-0.1, -0.05) is 25.0 Å². The average molecular weight is 346 g/mol. The zero-order valence-corrected chi connectivity index (χ0v) is 14.6. The smallest absolute Gasteiger partial charge is 0.322 e. The van der Waals surface area contributed by atoms with Crippen molar-refractivity contribution in [2.24, 2.45) is 0 Å². The number of hydrogen-bond acceptors (Lipinski definition) is 3. The Hall–Kier alpha value is -2.08. The first kappa shape index (κ1) is 16.8. The Bertz CT molecular complexity index is 715. The lowest BCUT2D eigenvalue weighted by atomic mass is 10.1. The summed E-state index contributed by atoms with van der Waals surface area (Å²) < 4.78 is 17.4. The number of hydrogen-bond donors (Lipinski definition) is 1. The van der Waals surface area contributed by atoms with Gasteiger partial charge in [-0.25, -0.2) is 4.79 Å². The fourth-order valence-electron chi connectivity index (χ4n) is 3.14. The second kappa shape index (κ2) is 7.66. The highest BCUT2D eigenvalue weighted by atomic mass is 32.2. The van der Waals surface area contributed by atoms with Crippen LogP contribution in [0.2, 0.25) is 0 Å². The number of nitrogens with zero attached hydrogens (tertiary/aromatic N) is 1. The molecule has 2 aromatic rings. The maximum absolute atomic E-state index is 12.9. The molecule has 24 heavy (non-hydrogen) atoms. The van der Waals surface area contributed by atoms with Crippen molar-refractivity contribution in [2.75, 3.05) is 18.1 Å². The van der Waals surface area contributed by atoms with Crippen molar-refractivity contribution in [1.82, 2.24) is 4.90 Å². The van der Waals surface area contributed by atoms with Gasteiger partial charge < -0.3 is 14.6 Å². The van der Waals surface area contributed by atoms with Crippen LogP contribution in [0.3, 0.4) is 0 Å². The van der Waals surface area contributed by atoms with E-state index < -0.39 is 10.8 Å². The summed E-state index contributed by atoms with van der Waals surface area (Å²) in [7, 11) is -1.16. The Morgan fingerprint density at radius 2 is 2.04 bits per heavy atom. The average Bonchev–Trinajstić information content (AvgIpc) is 2.99. The number of likely N-dealkylation sites (tertiary alicyclic amines) is 1. The minimum absolute atomic E-state index is 0.0539. The van der Waals surface area contributed by atoms with E-state index in [-0.39, 0.29) is 12.1 Å². The summed E-state index contributed by atoms with van der Waals surface area (Å²) in [6.45, 7) is 0.689. The molecule has 3 rings (SSSR count). The van der Waals surface area contributed by atoms with E-state index in [9.17, 15) is 9.00 Å². The predicted octanol–water partition coefficient (Wildman–Crippen LogP) is 4.17. The Kier molecular flexibility index (Phi) is 5.35. The lowest BCUT2D eigenvalue weighted by molar-refractivity contribution is 0.179. The van der Waals surface area contributed by atoms with Gasteiger partial charge in [0.1, 0.15) is 5.76 Å². The molecular weight excluding hydrogens is 324 g/mol. The maximum Gasteiger partial charge on any atom is 0.322 e. The number of nitrogens with one attached hydrogen (secondary N) is 1. The third-order valence-corrected chi connectivity index (χ3v) is 5.30. The number of rotatable bonds is 3. The van der Waals surface area contributed by atoms with Crippen molar-refractivity contribution < 1.29 is 13.4 Å². The van der Waals surface area contributed by atoms with Gasteiger partial charge in [0.15, 0.2) is 0 Å². The number of furan rings is 1. The molecule has 1 N–H and O–H groups in total. The summed E-state index contributed by atoms with van der Waals surface area (Å²) >= 11 is 0. The summed E-state index contributed by atoms with van der Waals surface area (Å²) in [5.41, 5.74) is 0.603. The molecule has 128 valence electrons. The van der Waals surface area contributed by atoms with Gasteiger partial charge >= 0.3 is 6.03 Å². The number of carbonyl (C=O) groups excluding carboxylic acids is 1. The number of para-hydroxylation sites is 1. The normalized spacial score (nSPS) is 19.5. The van der Waals surface area contributed by atoms with Crippen LogP contribution in [0.5, 0.6) is 0 Å². The van der Waals surface area contributed by atoms with Gasteiger partial charge in [-0.3, -0.25) is 4.21 Å². The van der Waals surface area contributed by atoms with Gasteiger partial charge in [0, 0.05) is 12.8 Å². The minimum atomic E-state index is -1.16. The van der Waals surface area contributed by atoms with E-state index in [1.165, 1.54) is 0 Å². The van der Waals surface area contributed by atoms with Crippen LogP contribution in [0.25, 0.3) is 0 Å². The molecule has 1 aliphatic rings. The SMILES string of the molecule is C[S@](=O)c1ccccc1NC(=O)N1CCCCC[C@@H]1c1ccco1. The molecule has 0 spiro atoms. The summed E-state index contributed by atoms with van der Waals surface area (Å²) in [6.07, 6.45) is 7.31. The molecule has 2 heterocycles. The van der Waals surface area contributed by atoms with Crippen molar-refractivity contribution in [1.29, 1.82) is 0 Å². The Morgan fingerprint density at radius 3 is 2.79 bits per heavy atom. The summed E-state index contributed by atoms with van der Waals surface area (Å²) in [5, 5.41) is 2.93. The molecule has 6 heteroatoms. The topological polar surface area (TPSA) is 62.6 Å². The zero-order chi connectivity index (χ0) is 16.9. The van der Waals surface area contributed by atoms with Crippen LogP contribution in [-0.2, 0) is 10.8 Å². The quantitative estimate of drug-likeness (QED) is 0.907. The van der Waals surface area contributed by atoms with Gasteiger partial charge in [0.2, 0.25) is 0 Å². The van der Waals surface area contributed by atoms with Gasteiger partial charge in [-0.2, -0.15) is 0 Å². The highest BCUT2D eigenvalue weighted by Crippen LogP contribution is 2.31. The molecule has 1 saturated heterocycles. The zero-order valence-electron chi connectivity index (χ0n) is 13.7. The standard InChI is InChI=1S/C18H22N2O3S/c1-24(22)17-11-5-4-8-14(17)19-18(21)20-12-6-2-3-9-15(20)16-10-7-13-23-16/h4-5,7-8,10-11,13,15H,2-3,6,9,12H2,1H3,(H,19,21)/t15-,24+/m1/s1. The van der Waals surface area contributed by atoms with E-state index in [0.29, 0.717) is 17.1 Å². The summed E-state index contributed by atoms with van der Waals surface area (Å²) in [6, 6.07) is 10.8. The van der Waals surface area contributed by atoms with Gasteiger partial charge in [-0.15, -0.1) is 0 Å². The number of anilines is 1. The first-order valence-electron chi connectivity index (χ1n) is 8.20. The largest absolute Gasteiger partial charge is 0.467 e. The van der Waals surface area contributed by atoms with Crippen LogP contribution in [-0.4, -0.2) is 27.9 Å². The second-order valence-corrected chi connectivity index (χ2v) is 7.30. The summed E-state index contributed by atoms with van der Waals surface area (Å²) in [4.78, 5) is 15.3.